The van der Waals surface area contributed by atoms with Crippen LogP contribution in [0, 0.1) is 18.4 Å². The Morgan fingerprint density at radius 3 is 1.94 bits per heavy atom. The van der Waals surface area contributed by atoms with Gasteiger partial charge in [-0.1, -0.05) is 70.6 Å². The molecule has 0 unspecified atom stereocenters. The van der Waals surface area contributed by atoms with E-state index in [-0.39, 0.29) is 5.04 Å². The molecule has 6 heteroatoms. The highest BCUT2D eigenvalue weighted by molar-refractivity contribution is 6.84. The molecule has 0 aromatic heterocycles. The molecule has 1 aromatic rings. The molecule has 0 radical (unpaired) electrons. The van der Waals surface area contributed by atoms with Gasteiger partial charge >= 0.3 is 5.97 Å². The topological polar surface area (TPSA) is 55.8 Å². The fraction of sp³-hybridized carbons (Fsp3) is 0.640. The molecule has 0 amide bonds. The molecule has 0 saturated carbocycles. The molecular weight excluding hydrogens is 420 g/mol. The molecule has 0 aliphatic heterocycles. The van der Waals surface area contributed by atoms with Gasteiger partial charge in [0.2, 0.25) is 5.60 Å². The number of benzene rings is 1. The second kappa shape index (κ2) is 9.23. The summed E-state index contributed by atoms with van der Waals surface area (Å²) in [5, 5.41) is 11.5. The lowest BCUT2D eigenvalue weighted by atomic mass is 9.89. The molecular formula is C25H42O4Si2. The number of carbonyl (C=O) groups excluding carboxylic acids is 1. The Balaban J connectivity index is 3.88. The molecule has 0 spiro atoms. The monoisotopic (exact) mass is 462 g/mol. The zero-order valence-electron chi connectivity index (χ0n) is 21.6. The summed E-state index contributed by atoms with van der Waals surface area (Å²) >= 11 is 0. The van der Waals surface area contributed by atoms with Gasteiger partial charge in [-0.2, -0.15) is 0 Å². The van der Waals surface area contributed by atoms with Crippen molar-refractivity contribution >= 4 is 22.4 Å². The van der Waals surface area contributed by atoms with Crippen LogP contribution < -0.4 is 0 Å². The Bertz CT molecular complexity index is 845. The van der Waals surface area contributed by atoms with Crippen LogP contribution in [0.5, 0.6) is 0 Å². The van der Waals surface area contributed by atoms with E-state index in [1.54, 1.807) is 0 Å². The average molecular weight is 463 g/mol. The molecule has 1 rings (SSSR count). The number of ether oxygens (including phenoxy) is 1. The Hall–Kier alpha value is -1.40. The van der Waals surface area contributed by atoms with Crippen molar-refractivity contribution in [2.45, 2.75) is 104 Å². The minimum Gasteiger partial charge on any atom is -0.457 e. The summed E-state index contributed by atoms with van der Waals surface area (Å²) in [5.74, 6) is 2.52. The van der Waals surface area contributed by atoms with E-state index in [2.05, 4.69) is 65.0 Å². The van der Waals surface area contributed by atoms with E-state index in [0.29, 0.717) is 5.56 Å². The minimum absolute atomic E-state index is 0.188. The van der Waals surface area contributed by atoms with Crippen LogP contribution in [0.1, 0.15) is 58.8 Å². The van der Waals surface area contributed by atoms with Crippen LogP contribution in [-0.2, 0) is 14.0 Å². The molecule has 1 aromatic carbocycles. The first kappa shape index (κ1) is 27.6. The van der Waals surface area contributed by atoms with Crippen molar-refractivity contribution in [2.24, 2.45) is 0 Å². The molecule has 0 fully saturated rings. The zero-order chi connectivity index (χ0) is 24.5. The molecule has 0 saturated heterocycles. The van der Waals surface area contributed by atoms with Gasteiger partial charge in [-0.15, -0.1) is 5.54 Å². The van der Waals surface area contributed by atoms with Gasteiger partial charge in [0.25, 0.3) is 0 Å². The largest absolute Gasteiger partial charge is 0.457 e. The standard InChI is InChI=1S/C25H42O4Si2/c1-19-15-13-14-16-20(19)21(26)25(17-18-30(8,9)10,22(27)28-23(2,3)4)29-31(11,12)24(5,6)7/h13-16,21,26H,1-12H3/t21-,25-/m0/s1. The summed E-state index contributed by atoms with van der Waals surface area (Å²) in [5.41, 5.74) is 2.25. The highest BCUT2D eigenvalue weighted by Gasteiger charge is 2.55. The van der Waals surface area contributed by atoms with Crippen molar-refractivity contribution in [1.29, 1.82) is 0 Å². The zero-order valence-corrected chi connectivity index (χ0v) is 23.6. The van der Waals surface area contributed by atoms with Crippen LogP contribution in [0.25, 0.3) is 0 Å². The summed E-state index contributed by atoms with van der Waals surface area (Å²) in [7, 11) is -4.43. The van der Waals surface area contributed by atoms with Crippen LogP contribution >= 0.6 is 0 Å². The molecule has 174 valence electrons. The number of aryl methyl sites for hydroxylation is 1. The predicted molar refractivity (Wildman–Crippen MR) is 134 cm³/mol. The summed E-state index contributed by atoms with van der Waals surface area (Å²) < 4.78 is 12.5. The van der Waals surface area contributed by atoms with E-state index in [4.69, 9.17) is 9.16 Å². The molecule has 31 heavy (non-hydrogen) atoms. The molecule has 1 N–H and O–H groups in total. The minimum atomic E-state index is -2.54. The number of carbonyl (C=O) groups is 1. The van der Waals surface area contributed by atoms with Crippen molar-refractivity contribution in [3.05, 3.63) is 35.4 Å². The highest BCUT2D eigenvalue weighted by Crippen LogP contribution is 2.43. The highest BCUT2D eigenvalue weighted by atomic mass is 28.4. The van der Waals surface area contributed by atoms with Gasteiger partial charge in [-0.25, -0.2) is 4.79 Å². The second-order valence-corrected chi connectivity index (χ2v) is 21.3. The predicted octanol–water partition coefficient (Wildman–Crippen LogP) is 6.01. The summed E-state index contributed by atoms with van der Waals surface area (Å²) in [4.78, 5) is 13.8. The lowest BCUT2D eigenvalue weighted by Crippen LogP contribution is -2.57. The van der Waals surface area contributed by atoms with Crippen LogP contribution in [0.15, 0.2) is 24.3 Å². The van der Waals surface area contributed by atoms with E-state index in [1.165, 1.54) is 0 Å². The number of rotatable bonds is 5. The van der Waals surface area contributed by atoms with Gasteiger partial charge in [0.05, 0.1) is 0 Å². The maximum atomic E-state index is 13.8. The van der Waals surface area contributed by atoms with E-state index in [9.17, 15) is 9.90 Å². The van der Waals surface area contributed by atoms with Crippen molar-refractivity contribution in [2.75, 3.05) is 0 Å². The van der Waals surface area contributed by atoms with Crippen LogP contribution in [0.4, 0.5) is 0 Å². The van der Waals surface area contributed by atoms with Crippen molar-refractivity contribution in [3.63, 3.8) is 0 Å². The van der Waals surface area contributed by atoms with Gasteiger partial charge in [0, 0.05) is 0 Å². The van der Waals surface area contributed by atoms with Crippen molar-refractivity contribution in [3.8, 4) is 11.5 Å². The smallest absolute Gasteiger partial charge is 0.353 e. The van der Waals surface area contributed by atoms with Crippen molar-refractivity contribution < 1.29 is 19.1 Å². The maximum Gasteiger partial charge on any atom is 0.353 e. The second-order valence-electron chi connectivity index (χ2n) is 11.9. The lowest BCUT2D eigenvalue weighted by Gasteiger charge is -2.44. The number of aliphatic hydroxyl groups is 1. The van der Waals surface area contributed by atoms with E-state index < -0.39 is 39.7 Å². The number of esters is 1. The first-order valence-corrected chi connectivity index (χ1v) is 17.3. The Morgan fingerprint density at radius 1 is 1.00 bits per heavy atom. The van der Waals surface area contributed by atoms with Crippen molar-refractivity contribution in [1.82, 2.24) is 0 Å². The van der Waals surface area contributed by atoms with E-state index in [1.807, 2.05) is 52.0 Å². The number of hydrogen-bond donors (Lipinski definition) is 1. The molecule has 0 aliphatic rings. The van der Waals surface area contributed by atoms with Gasteiger partial charge in [0.1, 0.15) is 19.8 Å². The third-order valence-electron chi connectivity index (χ3n) is 5.42. The average Bonchev–Trinajstić information content (AvgIpc) is 2.55. The number of aliphatic hydroxyl groups excluding tert-OH is 1. The Kier molecular flexibility index (Phi) is 8.23. The van der Waals surface area contributed by atoms with E-state index in [0.717, 1.165) is 5.56 Å². The fourth-order valence-electron chi connectivity index (χ4n) is 2.66. The van der Waals surface area contributed by atoms with Gasteiger partial charge < -0.3 is 14.3 Å². The molecule has 0 bridgehead atoms. The van der Waals surface area contributed by atoms with E-state index >= 15 is 0 Å². The third-order valence-corrected chi connectivity index (χ3v) is 10.7. The molecule has 0 aliphatic carbocycles. The lowest BCUT2D eigenvalue weighted by molar-refractivity contribution is -0.178. The molecule has 2 atom stereocenters. The molecule has 4 nitrogen and oxygen atoms in total. The van der Waals surface area contributed by atoms with Gasteiger partial charge in [-0.05, 0) is 57.0 Å². The van der Waals surface area contributed by atoms with Gasteiger partial charge in [0.15, 0.2) is 8.32 Å². The normalized spacial score (nSPS) is 16.0. The summed E-state index contributed by atoms with van der Waals surface area (Å²) in [6.07, 6.45) is -1.28. The fourth-order valence-corrected chi connectivity index (χ4v) is 4.57. The summed E-state index contributed by atoms with van der Waals surface area (Å²) in [6.45, 7) is 24.1. The van der Waals surface area contributed by atoms with Crippen LogP contribution in [-0.4, -0.2) is 38.7 Å². The SMILES string of the molecule is Cc1ccccc1[C@H](O)[C@](C#C[Si](C)(C)C)(O[Si](C)(C)C(C)(C)C)C(=O)OC(C)(C)C. The summed E-state index contributed by atoms with van der Waals surface area (Å²) in [6, 6.07) is 7.49. The van der Waals surface area contributed by atoms with Gasteiger partial charge in [-0.3, -0.25) is 0 Å². The first-order valence-electron chi connectivity index (χ1n) is 10.9. The Morgan fingerprint density at radius 2 is 1.52 bits per heavy atom. The third kappa shape index (κ3) is 7.32. The quantitative estimate of drug-likeness (QED) is 0.331. The number of hydrogen-bond acceptors (Lipinski definition) is 4. The maximum absolute atomic E-state index is 13.8. The first-order chi connectivity index (χ1) is 13.7. The van der Waals surface area contributed by atoms with Crippen LogP contribution in [0.3, 0.4) is 0 Å². The molecule has 0 heterocycles. The van der Waals surface area contributed by atoms with Crippen LogP contribution in [0.2, 0.25) is 37.8 Å². The Labute approximate surface area is 191 Å².